The zero-order chi connectivity index (χ0) is 11.0. The van der Waals surface area contributed by atoms with E-state index in [1.165, 1.54) is 7.05 Å². The van der Waals surface area contributed by atoms with Gasteiger partial charge in [-0.05, 0) is 0 Å². The van der Waals surface area contributed by atoms with E-state index in [9.17, 15) is 9.18 Å². The van der Waals surface area contributed by atoms with E-state index in [1.807, 2.05) is 0 Å². The molecule has 6 nitrogen and oxygen atoms in total. The minimum atomic E-state index is -0.548. The SMILES string of the molecule is CNC(=O)c1c(N)nn2cc(F)cnc12. The number of nitrogens with one attached hydrogen (secondary N) is 1. The number of nitrogen functional groups attached to an aromatic ring is 1. The largest absolute Gasteiger partial charge is 0.381 e. The molecular weight excluding hydrogens is 201 g/mol. The lowest BCUT2D eigenvalue weighted by Gasteiger charge is -1.96. The van der Waals surface area contributed by atoms with Crippen LogP contribution in [0.2, 0.25) is 0 Å². The Hall–Kier alpha value is -2.18. The molecule has 0 unspecified atom stereocenters. The molecule has 0 aromatic carbocycles. The summed E-state index contributed by atoms with van der Waals surface area (Å²) in [5.41, 5.74) is 5.90. The van der Waals surface area contributed by atoms with Crippen LogP contribution in [0.3, 0.4) is 0 Å². The lowest BCUT2D eigenvalue weighted by molar-refractivity contribution is 0.0965. The molecule has 0 saturated heterocycles. The van der Waals surface area contributed by atoms with Crippen molar-refractivity contribution in [1.29, 1.82) is 0 Å². The fraction of sp³-hybridized carbons (Fsp3) is 0.125. The summed E-state index contributed by atoms with van der Waals surface area (Å²) in [5.74, 6) is -0.928. The van der Waals surface area contributed by atoms with Crippen LogP contribution < -0.4 is 11.1 Å². The van der Waals surface area contributed by atoms with Gasteiger partial charge in [0, 0.05) is 7.05 Å². The normalized spacial score (nSPS) is 10.5. The first-order chi connectivity index (χ1) is 7.13. The Morgan fingerprint density at radius 1 is 1.67 bits per heavy atom. The summed E-state index contributed by atoms with van der Waals surface area (Å²) >= 11 is 0. The third kappa shape index (κ3) is 1.37. The summed E-state index contributed by atoms with van der Waals surface area (Å²) in [6.45, 7) is 0. The molecule has 0 aliphatic heterocycles. The summed E-state index contributed by atoms with van der Waals surface area (Å²) < 4.78 is 13.9. The zero-order valence-electron chi connectivity index (χ0n) is 7.86. The molecule has 0 bridgehead atoms. The molecule has 2 aromatic rings. The van der Waals surface area contributed by atoms with Crippen molar-refractivity contribution in [3.63, 3.8) is 0 Å². The van der Waals surface area contributed by atoms with Gasteiger partial charge in [-0.15, -0.1) is 5.10 Å². The van der Waals surface area contributed by atoms with Gasteiger partial charge in [-0.25, -0.2) is 13.9 Å². The smallest absolute Gasteiger partial charge is 0.258 e. The highest BCUT2D eigenvalue weighted by Gasteiger charge is 2.17. The van der Waals surface area contributed by atoms with Gasteiger partial charge in [0.2, 0.25) is 0 Å². The van der Waals surface area contributed by atoms with Crippen LogP contribution in [0.5, 0.6) is 0 Å². The summed E-state index contributed by atoms with van der Waals surface area (Å²) in [6, 6.07) is 0. The Morgan fingerprint density at radius 3 is 3.07 bits per heavy atom. The average molecular weight is 209 g/mol. The number of nitrogens with zero attached hydrogens (tertiary/aromatic N) is 3. The van der Waals surface area contributed by atoms with E-state index in [-0.39, 0.29) is 17.0 Å². The highest BCUT2D eigenvalue weighted by atomic mass is 19.1. The van der Waals surface area contributed by atoms with Gasteiger partial charge in [-0.1, -0.05) is 0 Å². The molecule has 0 fully saturated rings. The number of halogens is 1. The van der Waals surface area contributed by atoms with E-state index >= 15 is 0 Å². The molecule has 0 atom stereocenters. The maximum atomic E-state index is 12.8. The highest BCUT2D eigenvalue weighted by Crippen LogP contribution is 2.15. The fourth-order valence-electron chi connectivity index (χ4n) is 1.27. The first kappa shape index (κ1) is 9.38. The Morgan fingerprint density at radius 2 is 2.40 bits per heavy atom. The molecule has 3 N–H and O–H groups in total. The molecule has 0 aliphatic rings. The van der Waals surface area contributed by atoms with E-state index in [1.54, 1.807) is 0 Å². The van der Waals surface area contributed by atoms with Crippen LogP contribution in [0.4, 0.5) is 10.2 Å². The number of fused-ring (bicyclic) bond motifs is 1. The number of amides is 1. The molecule has 2 rings (SSSR count). The van der Waals surface area contributed by atoms with Crippen molar-refractivity contribution < 1.29 is 9.18 Å². The third-order valence-electron chi connectivity index (χ3n) is 1.92. The van der Waals surface area contributed by atoms with Gasteiger partial charge in [0.25, 0.3) is 5.91 Å². The standard InChI is InChI=1S/C8H8FN5O/c1-11-8(15)5-6(10)13-14-3-4(9)2-12-7(5)14/h2-3H,1H3,(H2,10,13)(H,11,15). The molecule has 0 saturated carbocycles. The maximum absolute atomic E-state index is 12.8. The topological polar surface area (TPSA) is 85.3 Å². The van der Waals surface area contributed by atoms with Crippen molar-refractivity contribution in [3.8, 4) is 0 Å². The number of hydrogen-bond acceptors (Lipinski definition) is 4. The number of aromatic nitrogens is 3. The quantitative estimate of drug-likeness (QED) is 0.681. The van der Waals surface area contributed by atoms with Crippen LogP contribution in [0.1, 0.15) is 10.4 Å². The van der Waals surface area contributed by atoms with E-state index in [0.717, 1.165) is 16.9 Å². The molecule has 0 aliphatic carbocycles. The van der Waals surface area contributed by atoms with Crippen molar-refractivity contribution >= 4 is 17.4 Å². The van der Waals surface area contributed by atoms with Crippen LogP contribution in [0.25, 0.3) is 5.65 Å². The molecule has 15 heavy (non-hydrogen) atoms. The van der Waals surface area contributed by atoms with Crippen molar-refractivity contribution in [2.75, 3.05) is 12.8 Å². The second-order valence-electron chi connectivity index (χ2n) is 2.88. The third-order valence-corrected chi connectivity index (χ3v) is 1.92. The number of nitrogens with two attached hydrogens (primary N) is 1. The van der Waals surface area contributed by atoms with Crippen LogP contribution >= 0.6 is 0 Å². The first-order valence-electron chi connectivity index (χ1n) is 4.15. The molecule has 2 aromatic heterocycles. The van der Waals surface area contributed by atoms with Crippen LogP contribution in [0.15, 0.2) is 12.4 Å². The molecular formula is C8H8FN5O. The summed E-state index contributed by atoms with van der Waals surface area (Å²) in [4.78, 5) is 15.2. The van der Waals surface area contributed by atoms with Gasteiger partial charge in [-0.3, -0.25) is 4.79 Å². The summed E-state index contributed by atoms with van der Waals surface area (Å²) in [7, 11) is 1.47. The summed E-state index contributed by atoms with van der Waals surface area (Å²) in [5, 5.41) is 6.18. The fourth-order valence-corrected chi connectivity index (χ4v) is 1.27. The van der Waals surface area contributed by atoms with Crippen molar-refractivity contribution in [1.82, 2.24) is 19.9 Å². The predicted octanol–water partition coefficient (Wildman–Crippen LogP) is -0.190. The average Bonchev–Trinajstić information content (AvgIpc) is 2.52. The minimum Gasteiger partial charge on any atom is -0.381 e. The molecule has 78 valence electrons. The van der Waals surface area contributed by atoms with E-state index in [4.69, 9.17) is 5.73 Å². The highest BCUT2D eigenvalue weighted by molar-refractivity contribution is 6.03. The second-order valence-corrected chi connectivity index (χ2v) is 2.88. The van der Waals surface area contributed by atoms with Crippen LogP contribution in [-0.4, -0.2) is 27.6 Å². The van der Waals surface area contributed by atoms with Gasteiger partial charge in [0.05, 0.1) is 12.4 Å². The van der Waals surface area contributed by atoms with Crippen LogP contribution in [0, 0.1) is 5.82 Å². The van der Waals surface area contributed by atoms with E-state index in [2.05, 4.69) is 15.4 Å². The number of hydrogen-bond donors (Lipinski definition) is 2. The van der Waals surface area contributed by atoms with Gasteiger partial charge in [0.1, 0.15) is 5.56 Å². The number of rotatable bonds is 1. The Labute approximate surface area is 83.9 Å². The first-order valence-corrected chi connectivity index (χ1v) is 4.15. The molecule has 1 amide bonds. The molecule has 2 heterocycles. The zero-order valence-corrected chi connectivity index (χ0v) is 7.86. The monoisotopic (exact) mass is 209 g/mol. The minimum absolute atomic E-state index is 0.0208. The van der Waals surface area contributed by atoms with Crippen molar-refractivity contribution in [2.45, 2.75) is 0 Å². The number of carbonyl (C=O) groups is 1. The Bertz CT molecular complexity index is 535. The van der Waals surface area contributed by atoms with Crippen LogP contribution in [-0.2, 0) is 0 Å². The lowest BCUT2D eigenvalue weighted by atomic mass is 10.3. The molecule has 0 spiro atoms. The van der Waals surface area contributed by atoms with Gasteiger partial charge < -0.3 is 11.1 Å². The molecule has 0 radical (unpaired) electrons. The van der Waals surface area contributed by atoms with Gasteiger partial charge in [-0.2, -0.15) is 0 Å². The maximum Gasteiger partial charge on any atom is 0.258 e. The van der Waals surface area contributed by atoms with Crippen molar-refractivity contribution in [2.24, 2.45) is 0 Å². The Balaban J connectivity index is 2.73. The molecule has 7 heteroatoms. The number of anilines is 1. The van der Waals surface area contributed by atoms with Crippen molar-refractivity contribution in [3.05, 3.63) is 23.8 Å². The van der Waals surface area contributed by atoms with E-state index in [0.29, 0.717) is 0 Å². The predicted molar refractivity (Wildman–Crippen MR) is 50.7 cm³/mol. The van der Waals surface area contributed by atoms with Gasteiger partial charge >= 0.3 is 0 Å². The second kappa shape index (κ2) is 3.19. The number of carbonyl (C=O) groups excluding carboxylic acids is 1. The van der Waals surface area contributed by atoms with E-state index < -0.39 is 11.7 Å². The lowest BCUT2D eigenvalue weighted by Crippen LogP contribution is -2.19. The van der Waals surface area contributed by atoms with Gasteiger partial charge in [0.15, 0.2) is 17.3 Å². The Kier molecular flexibility index (Phi) is 2.00. The summed E-state index contributed by atoms with van der Waals surface area (Å²) in [6.07, 6.45) is 2.11.